The van der Waals surface area contributed by atoms with Gasteiger partial charge in [-0.3, -0.25) is 9.69 Å². The van der Waals surface area contributed by atoms with Crippen molar-refractivity contribution in [1.29, 1.82) is 0 Å². The number of amides is 1. The summed E-state index contributed by atoms with van der Waals surface area (Å²) in [5.74, 6) is -0.678. The molecule has 0 aromatic heterocycles. The van der Waals surface area contributed by atoms with Gasteiger partial charge in [-0.15, -0.1) is 0 Å². The molecule has 6 heteroatoms. The lowest BCUT2D eigenvalue weighted by Gasteiger charge is -2.30. The zero-order chi connectivity index (χ0) is 18.6. The molecule has 1 amide bonds. The molecule has 1 heterocycles. The van der Waals surface area contributed by atoms with E-state index in [1.165, 1.54) is 11.8 Å². The van der Waals surface area contributed by atoms with Gasteiger partial charge in [0.15, 0.2) is 5.78 Å². The number of likely N-dealkylation sites (tertiary alicyclic amines) is 1. The summed E-state index contributed by atoms with van der Waals surface area (Å²) in [7, 11) is 0. The maximum atomic E-state index is 12.5. The predicted octanol–water partition coefficient (Wildman–Crippen LogP) is 3.09. The topological polar surface area (TPSA) is 72.9 Å². The molecule has 1 saturated heterocycles. The third-order valence-corrected chi connectivity index (χ3v) is 3.95. The van der Waals surface area contributed by atoms with E-state index in [1.807, 2.05) is 30.3 Å². The molecule has 0 N–H and O–H groups in total. The van der Waals surface area contributed by atoms with Crippen molar-refractivity contribution >= 4 is 17.8 Å². The Bertz CT molecular complexity index is 635. The first-order valence-electron chi connectivity index (χ1n) is 8.41. The number of ketones is 1. The molecular weight excluding hydrogens is 322 g/mol. The summed E-state index contributed by atoms with van der Waals surface area (Å²) < 4.78 is 10.7. The lowest BCUT2D eigenvalue weighted by atomic mass is 10.1. The van der Waals surface area contributed by atoms with Crippen LogP contribution >= 0.6 is 0 Å². The summed E-state index contributed by atoms with van der Waals surface area (Å²) in [6.45, 7) is 6.77. The monoisotopic (exact) mass is 347 g/mol. The van der Waals surface area contributed by atoms with Crippen LogP contribution < -0.4 is 0 Å². The van der Waals surface area contributed by atoms with E-state index in [1.54, 1.807) is 20.8 Å². The Hall–Kier alpha value is -2.37. The van der Waals surface area contributed by atoms with Gasteiger partial charge in [-0.05, 0) is 46.1 Å². The average Bonchev–Trinajstić information content (AvgIpc) is 2.97. The normalized spacial score (nSPS) is 20.2. The van der Waals surface area contributed by atoms with Crippen LogP contribution in [0, 0.1) is 0 Å². The van der Waals surface area contributed by atoms with Crippen LogP contribution in [0.1, 0.15) is 46.1 Å². The highest BCUT2D eigenvalue weighted by molar-refractivity contribution is 5.90. The number of ether oxygens (including phenoxy) is 2. The minimum absolute atomic E-state index is 0.128. The Morgan fingerprint density at radius 1 is 1.08 bits per heavy atom. The molecule has 2 atom stereocenters. The largest absolute Gasteiger partial charge is 0.459 e. The molecule has 1 aromatic rings. The van der Waals surface area contributed by atoms with Crippen molar-refractivity contribution in [3.05, 3.63) is 35.9 Å². The molecule has 0 saturated carbocycles. The first-order valence-corrected chi connectivity index (χ1v) is 8.41. The molecule has 1 aromatic carbocycles. The van der Waals surface area contributed by atoms with E-state index in [2.05, 4.69) is 0 Å². The molecule has 0 radical (unpaired) electrons. The Morgan fingerprint density at radius 2 is 1.68 bits per heavy atom. The molecule has 1 aliphatic rings. The number of hydrogen-bond donors (Lipinski definition) is 0. The third kappa shape index (κ3) is 5.05. The summed E-state index contributed by atoms with van der Waals surface area (Å²) in [5, 5.41) is 0. The quantitative estimate of drug-likeness (QED) is 0.783. The minimum Gasteiger partial charge on any atom is -0.459 e. The lowest BCUT2D eigenvalue weighted by molar-refractivity contribution is -0.150. The van der Waals surface area contributed by atoms with Crippen molar-refractivity contribution < 1.29 is 23.9 Å². The molecule has 6 nitrogen and oxygen atoms in total. The van der Waals surface area contributed by atoms with E-state index in [9.17, 15) is 14.4 Å². The number of carbonyl (C=O) groups excluding carboxylic acids is 3. The van der Waals surface area contributed by atoms with E-state index in [-0.39, 0.29) is 12.4 Å². The maximum Gasteiger partial charge on any atom is 0.411 e. The highest BCUT2D eigenvalue weighted by Crippen LogP contribution is 2.28. The molecule has 25 heavy (non-hydrogen) atoms. The zero-order valence-electron chi connectivity index (χ0n) is 15.2. The summed E-state index contributed by atoms with van der Waals surface area (Å²) in [6, 6.07) is 7.85. The SMILES string of the molecule is CC(=O)C1CCC(C(=O)OCc2ccccc2)N1C(=O)OC(C)(C)C. The van der Waals surface area contributed by atoms with Crippen LogP contribution in [0.2, 0.25) is 0 Å². The number of rotatable bonds is 4. The van der Waals surface area contributed by atoms with Gasteiger partial charge in [0.05, 0.1) is 6.04 Å². The Balaban J connectivity index is 2.09. The van der Waals surface area contributed by atoms with Crippen molar-refractivity contribution in [3.8, 4) is 0 Å². The Labute approximate surface area is 148 Å². The number of hydrogen-bond acceptors (Lipinski definition) is 5. The van der Waals surface area contributed by atoms with Gasteiger partial charge in [-0.1, -0.05) is 30.3 Å². The van der Waals surface area contributed by atoms with Crippen molar-refractivity contribution in [2.24, 2.45) is 0 Å². The average molecular weight is 347 g/mol. The first kappa shape index (κ1) is 19.0. The van der Waals surface area contributed by atoms with Crippen LogP contribution in [-0.4, -0.2) is 40.4 Å². The number of benzene rings is 1. The molecule has 0 spiro atoms. The highest BCUT2D eigenvalue weighted by Gasteiger charge is 2.45. The molecule has 136 valence electrons. The lowest BCUT2D eigenvalue weighted by Crippen LogP contribution is -2.49. The van der Waals surface area contributed by atoms with Crippen LogP contribution in [-0.2, 0) is 25.7 Å². The van der Waals surface area contributed by atoms with Gasteiger partial charge < -0.3 is 9.47 Å². The van der Waals surface area contributed by atoms with E-state index in [0.717, 1.165) is 5.56 Å². The van der Waals surface area contributed by atoms with Gasteiger partial charge in [0.25, 0.3) is 0 Å². The molecule has 0 aliphatic carbocycles. The minimum atomic E-state index is -0.799. The van der Waals surface area contributed by atoms with Gasteiger partial charge in [0.2, 0.25) is 0 Å². The maximum absolute atomic E-state index is 12.5. The molecule has 2 unspecified atom stereocenters. The molecule has 1 fully saturated rings. The fourth-order valence-electron chi connectivity index (χ4n) is 2.84. The van der Waals surface area contributed by atoms with Crippen LogP contribution in [0.15, 0.2) is 30.3 Å². The fraction of sp³-hybridized carbons (Fsp3) is 0.526. The highest BCUT2D eigenvalue weighted by atomic mass is 16.6. The van der Waals surface area contributed by atoms with E-state index >= 15 is 0 Å². The van der Waals surface area contributed by atoms with E-state index in [0.29, 0.717) is 12.8 Å². The van der Waals surface area contributed by atoms with Crippen molar-refractivity contribution in [1.82, 2.24) is 4.90 Å². The third-order valence-electron chi connectivity index (χ3n) is 3.95. The second-order valence-corrected chi connectivity index (χ2v) is 7.20. The molecule has 2 rings (SSSR count). The first-order chi connectivity index (χ1) is 11.7. The van der Waals surface area contributed by atoms with Gasteiger partial charge in [0.1, 0.15) is 18.2 Å². The van der Waals surface area contributed by atoms with Crippen LogP contribution in [0.4, 0.5) is 4.79 Å². The standard InChI is InChI=1S/C19H25NO5/c1-13(21)15-10-11-16(20(15)18(23)25-19(2,3)4)17(22)24-12-14-8-6-5-7-9-14/h5-9,15-16H,10-12H2,1-4H3. The van der Waals surface area contributed by atoms with Gasteiger partial charge >= 0.3 is 12.1 Å². The second-order valence-electron chi connectivity index (χ2n) is 7.20. The smallest absolute Gasteiger partial charge is 0.411 e. The number of esters is 1. The number of nitrogens with zero attached hydrogens (tertiary/aromatic N) is 1. The number of carbonyl (C=O) groups is 3. The summed E-state index contributed by atoms with van der Waals surface area (Å²) >= 11 is 0. The molecule has 0 bridgehead atoms. The van der Waals surface area contributed by atoms with Crippen molar-refractivity contribution in [2.45, 2.75) is 64.8 Å². The molecular formula is C19H25NO5. The van der Waals surface area contributed by atoms with Gasteiger partial charge in [0, 0.05) is 0 Å². The zero-order valence-corrected chi connectivity index (χ0v) is 15.2. The van der Waals surface area contributed by atoms with Crippen LogP contribution in [0.3, 0.4) is 0 Å². The van der Waals surface area contributed by atoms with E-state index in [4.69, 9.17) is 9.47 Å². The van der Waals surface area contributed by atoms with Gasteiger partial charge in [-0.2, -0.15) is 0 Å². The fourth-order valence-corrected chi connectivity index (χ4v) is 2.84. The Kier molecular flexibility index (Phi) is 5.82. The summed E-state index contributed by atoms with van der Waals surface area (Å²) in [6.07, 6.45) is 0.156. The summed E-state index contributed by atoms with van der Waals surface area (Å²) in [4.78, 5) is 38.1. The van der Waals surface area contributed by atoms with Crippen LogP contribution in [0.5, 0.6) is 0 Å². The summed E-state index contributed by atoms with van der Waals surface area (Å²) in [5.41, 5.74) is 0.153. The second kappa shape index (κ2) is 7.68. The van der Waals surface area contributed by atoms with Gasteiger partial charge in [-0.25, -0.2) is 9.59 Å². The van der Waals surface area contributed by atoms with E-state index < -0.39 is 29.7 Å². The predicted molar refractivity (Wildman–Crippen MR) is 91.8 cm³/mol. The van der Waals surface area contributed by atoms with Crippen molar-refractivity contribution in [2.75, 3.05) is 0 Å². The molecule has 1 aliphatic heterocycles. The van der Waals surface area contributed by atoms with Crippen molar-refractivity contribution in [3.63, 3.8) is 0 Å². The van der Waals surface area contributed by atoms with Crippen LogP contribution in [0.25, 0.3) is 0 Å². The number of Topliss-reactive ketones (excluding diaryl/α,β-unsaturated/α-hetero) is 1. The Morgan fingerprint density at radius 3 is 2.24 bits per heavy atom.